The van der Waals surface area contributed by atoms with E-state index in [2.05, 4.69) is 4.98 Å². The van der Waals surface area contributed by atoms with Crippen LogP contribution in [-0.2, 0) is 12.6 Å². The van der Waals surface area contributed by atoms with Gasteiger partial charge in [0, 0.05) is 18.2 Å². The Labute approximate surface area is 185 Å². The summed E-state index contributed by atoms with van der Waals surface area (Å²) in [6.45, 7) is 0. The van der Waals surface area contributed by atoms with Crippen LogP contribution in [0.25, 0.3) is 22.4 Å². The van der Waals surface area contributed by atoms with Gasteiger partial charge in [-0.25, -0.2) is 9.55 Å². The summed E-state index contributed by atoms with van der Waals surface area (Å²) in [7, 11) is 0. The number of rotatable bonds is 3. The van der Waals surface area contributed by atoms with Crippen LogP contribution in [0.15, 0.2) is 94.6 Å². The molecular formula is C25H16F3N3O2. The summed E-state index contributed by atoms with van der Waals surface area (Å²) in [5.41, 5.74) is 0.250. The first kappa shape index (κ1) is 20.7. The Balaban J connectivity index is 1.75. The minimum Gasteiger partial charge on any atom is -0.268 e. The molecule has 0 amide bonds. The van der Waals surface area contributed by atoms with Crippen molar-refractivity contribution in [2.45, 2.75) is 12.6 Å². The van der Waals surface area contributed by atoms with Crippen molar-refractivity contribution < 1.29 is 13.2 Å². The molecule has 164 valence electrons. The highest BCUT2D eigenvalue weighted by molar-refractivity contribution is 5.79. The average Bonchev–Trinajstić information content (AvgIpc) is 2.81. The number of hydrogen-bond acceptors (Lipinski definition) is 3. The van der Waals surface area contributed by atoms with Crippen LogP contribution in [0.5, 0.6) is 0 Å². The van der Waals surface area contributed by atoms with Crippen LogP contribution in [0.4, 0.5) is 13.2 Å². The van der Waals surface area contributed by atoms with Crippen LogP contribution in [-0.4, -0.2) is 14.0 Å². The quantitative estimate of drug-likeness (QED) is 0.380. The van der Waals surface area contributed by atoms with Gasteiger partial charge in [0.2, 0.25) is 5.78 Å². The number of aromatic nitrogens is 3. The van der Waals surface area contributed by atoms with Crippen molar-refractivity contribution in [3.05, 3.63) is 122 Å². The summed E-state index contributed by atoms with van der Waals surface area (Å²) in [5.74, 6) is 0.158. The molecule has 2 aromatic heterocycles. The minimum absolute atomic E-state index is 0.0546. The van der Waals surface area contributed by atoms with E-state index in [-0.39, 0.29) is 23.3 Å². The highest BCUT2D eigenvalue weighted by Crippen LogP contribution is 2.29. The zero-order valence-electron chi connectivity index (χ0n) is 17.1. The molecule has 0 N–H and O–H groups in total. The molecule has 0 aliphatic carbocycles. The Morgan fingerprint density at radius 3 is 2.15 bits per heavy atom. The lowest BCUT2D eigenvalue weighted by Gasteiger charge is -2.14. The first-order valence-corrected chi connectivity index (χ1v) is 10.1. The summed E-state index contributed by atoms with van der Waals surface area (Å²) in [6, 6.07) is 20.3. The molecule has 5 aromatic rings. The zero-order chi connectivity index (χ0) is 23.2. The number of alkyl halides is 3. The first-order chi connectivity index (χ1) is 15.8. The fraction of sp³-hybridized carbons (Fsp3) is 0.0800. The minimum atomic E-state index is -4.44. The van der Waals surface area contributed by atoms with Crippen LogP contribution in [0.3, 0.4) is 0 Å². The van der Waals surface area contributed by atoms with Gasteiger partial charge in [-0.1, -0.05) is 42.5 Å². The van der Waals surface area contributed by atoms with E-state index in [1.807, 2.05) is 0 Å². The monoisotopic (exact) mass is 447 g/mol. The summed E-state index contributed by atoms with van der Waals surface area (Å²) in [6.07, 6.45) is -2.96. The van der Waals surface area contributed by atoms with Gasteiger partial charge in [-0.15, -0.1) is 0 Å². The Morgan fingerprint density at radius 1 is 0.788 bits per heavy atom. The number of benzene rings is 3. The molecule has 2 heterocycles. The van der Waals surface area contributed by atoms with E-state index in [1.54, 1.807) is 54.6 Å². The second-order valence-corrected chi connectivity index (χ2v) is 7.61. The van der Waals surface area contributed by atoms with Crippen molar-refractivity contribution in [1.29, 1.82) is 0 Å². The Morgan fingerprint density at radius 2 is 1.45 bits per heavy atom. The summed E-state index contributed by atoms with van der Waals surface area (Å²) >= 11 is 0. The molecule has 0 saturated heterocycles. The van der Waals surface area contributed by atoms with E-state index in [9.17, 15) is 22.8 Å². The van der Waals surface area contributed by atoms with E-state index >= 15 is 0 Å². The fourth-order valence-corrected chi connectivity index (χ4v) is 3.82. The fourth-order valence-electron chi connectivity index (χ4n) is 3.82. The van der Waals surface area contributed by atoms with Crippen molar-refractivity contribution in [2.75, 3.05) is 0 Å². The van der Waals surface area contributed by atoms with E-state index in [0.29, 0.717) is 22.2 Å². The van der Waals surface area contributed by atoms with Gasteiger partial charge in [-0.3, -0.25) is 14.0 Å². The van der Waals surface area contributed by atoms with Gasteiger partial charge < -0.3 is 0 Å². The molecule has 0 spiro atoms. The topological polar surface area (TPSA) is 56.4 Å². The maximum atomic E-state index is 13.5. The lowest BCUT2D eigenvalue weighted by Crippen LogP contribution is -2.30. The molecule has 0 radical (unpaired) electrons. The van der Waals surface area contributed by atoms with Crippen LogP contribution < -0.4 is 11.1 Å². The number of halogens is 3. The third kappa shape index (κ3) is 3.69. The molecule has 33 heavy (non-hydrogen) atoms. The molecule has 0 bridgehead atoms. The standard InChI is InChI=1S/C25H16F3N3O2/c26-25(27,28)18-12-10-16(11-13-18)14-17-15-30-23(33)20-8-4-5-9-21(20)29-24(30)31(22(17)32)19-6-2-1-3-7-19/h1-13,15H,14H2. The normalized spacial score (nSPS) is 11.8. The molecule has 0 aliphatic heterocycles. The van der Waals surface area contributed by atoms with Gasteiger partial charge in [-0.2, -0.15) is 13.2 Å². The van der Waals surface area contributed by atoms with Crippen molar-refractivity contribution in [2.24, 2.45) is 0 Å². The third-order valence-electron chi connectivity index (χ3n) is 5.44. The summed E-state index contributed by atoms with van der Waals surface area (Å²) < 4.78 is 41.4. The number of nitrogens with zero attached hydrogens (tertiary/aromatic N) is 3. The van der Waals surface area contributed by atoms with E-state index in [1.165, 1.54) is 27.3 Å². The second kappa shape index (κ2) is 7.74. The molecule has 0 fully saturated rings. The summed E-state index contributed by atoms with van der Waals surface area (Å²) in [4.78, 5) is 31.3. The van der Waals surface area contributed by atoms with E-state index in [4.69, 9.17) is 0 Å². The molecular weight excluding hydrogens is 431 g/mol. The van der Waals surface area contributed by atoms with Crippen molar-refractivity contribution in [1.82, 2.24) is 14.0 Å². The van der Waals surface area contributed by atoms with E-state index < -0.39 is 17.3 Å². The molecule has 3 aromatic carbocycles. The average molecular weight is 447 g/mol. The van der Waals surface area contributed by atoms with Gasteiger partial charge in [-0.05, 0) is 42.0 Å². The van der Waals surface area contributed by atoms with Gasteiger partial charge in [0.25, 0.3) is 11.1 Å². The number of fused-ring (bicyclic) bond motifs is 2. The third-order valence-corrected chi connectivity index (χ3v) is 5.44. The molecule has 5 nitrogen and oxygen atoms in total. The maximum Gasteiger partial charge on any atom is 0.416 e. The Hall–Kier alpha value is -4.20. The highest BCUT2D eigenvalue weighted by Gasteiger charge is 2.30. The smallest absolute Gasteiger partial charge is 0.268 e. The van der Waals surface area contributed by atoms with Gasteiger partial charge in [0.05, 0.1) is 22.2 Å². The molecule has 0 atom stereocenters. The zero-order valence-corrected chi connectivity index (χ0v) is 17.1. The largest absolute Gasteiger partial charge is 0.416 e. The number of para-hydroxylation sites is 2. The molecule has 0 aliphatic rings. The van der Waals surface area contributed by atoms with Gasteiger partial charge >= 0.3 is 6.18 Å². The van der Waals surface area contributed by atoms with Crippen molar-refractivity contribution in [3.63, 3.8) is 0 Å². The predicted octanol–water partition coefficient (Wildman–Crippen LogP) is 4.61. The van der Waals surface area contributed by atoms with Crippen LogP contribution in [0, 0.1) is 0 Å². The summed E-state index contributed by atoms with van der Waals surface area (Å²) in [5, 5.41) is 0.397. The maximum absolute atomic E-state index is 13.5. The Bertz CT molecular complexity index is 1600. The molecule has 0 saturated carbocycles. The van der Waals surface area contributed by atoms with Gasteiger partial charge in [0.1, 0.15) is 0 Å². The van der Waals surface area contributed by atoms with Crippen molar-refractivity contribution >= 4 is 16.7 Å². The Kier molecular flexibility index (Phi) is 4.85. The lowest BCUT2D eigenvalue weighted by atomic mass is 10.1. The van der Waals surface area contributed by atoms with Crippen LogP contribution in [0.2, 0.25) is 0 Å². The lowest BCUT2D eigenvalue weighted by molar-refractivity contribution is -0.137. The van der Waals surface area contributed by atoms with Crippen LogP contribution in [0.1, 0.15) is 16.7 Å². The van der Waals surface area contributed by atoms with Crippen molar-refractivity contribution in [3.8, 4) is 5.69 Å². The van der Waals surface area contributed by atoms with Gasteiger partial charge in [0.15, 0.2) is 0 Å². The molecule has 0 unspecified atom stereocenters. The van der Waals surface area contributed by atoms with E-state index in [0.717, 1.165) is 12.1 Å². The second-order valence-electron chi connectivity index (χ2n) is 7.61. The first-order valence-electron chi connectivity index (χ1n) is 10.1. The molecule has 8 heteroatoms. The number of hydrogen-bond donors (Lipinski definition) is 0. The predicted molar refractivity (Wildman–Crippen MR) is 119 cm³/mol. The SMILES string of the molecule is O=c1c(Cc2ccc(C(F)(F)F)cc2)cn2c(=O)c3ccccc3nc2n1-c1ccccc1. The molecule has 5 rings (SSSR count). The van der Waals surface area contributed by atoms with Crippen LogP contribution >= 0.6 is 0 Å². The highest BCUT2D eigenvalue weighted by atomic mass is 19.4.